The van der Waals surface area contributed by atoms with E-state index in [2.05, 4.69) is 44.3 Å². The highest BCUT2D eigenvalue weighted by Crippen LogP contribution is 2.17. The summed E-state index contributed by atoms with van der Waals surface area (Å²) < 4.78 is 0. The molecule has 0 spiro atoms. The molecule has 0 amide bonds. The molecule has 1 atom stereocenters. The van der Waals surface area contributed by atoms with E-state index in [9.17, 15) is 0 Å². The predicted molar refractivity (Wildman–Crippen MR) is 67.3 cm³/mol. The first-order valence-corrected chi connectivity index (χ1v) is 5.84. The molecule has 0 aliphatic heterocycles. The third kappa shape index (κ3) is 3.67. The maximum atomic E-state index is 3.23. The van der Waals surface area contributed by atoms with Crippen LogP contribution in [0, 0.1) is 19.8 Å². The summed E-state index contributed by atoms with van der Waals surface area (Å²) in [5.74, 6) is 0.758. The van der Waals surface area contributed by atoms with Gasteiger partial charge in [-0.3, -0.25) is 0 Å². The molecule has 15 heavy (non-hydrogen) atoms. The van der Waals surface area contributed by atoms with Crippen LogP contribution in [0.4, 0.5) is 0 Å². The van der Waals surface area contributed by atoms with E-state index in [4.69, 9.17) is 0 Å². The summed E-state index contributed by atoms with van der Waals surface area (Å²) in [5.41, 5.74) is 4.42. The predicted octanol–water partition coefficient (Wildman–Crippen LogP) is 3.09. The standard InChI is InChI=1S/C14H23N/c1-11(10-15-4)8-9-14-12(2)6-5-7-13(14)3/h5-7,11,15H,8-10H2,1-4H3. The van der Waals surface area contributed by atoms with Crippen LogP contribution in [0.2, 0.25) is 0 Å². The molecular weight excluding hydrogens is 182 g/mol. The summed E-state index contributed by atoms with van der Waals surface area (Å²) in [4.78, 5) is 0. The van der Waals surface area contributed by atoms with Crippen LogP contribution in [0.3, 0.4) is 0 Å². The lowest BCUT2D eigenvalue weighted by Crippen LogP contribution is -2.16. The van der Waals surface area contributed by atoms with Gasteiger partial charge in [0.2, 0.25) is 0 Å². The zero-order valence-electron chi connectivity index (χ0n) is 10.4. The van der Waals surface area contributed by atoms with Crippen LogP contribution in [0.1, 0.15) is 30.0 Å². The molecule has 1 rings (SSSR count). The van der Waals surface area contributed by atoms with E-state index < -0.39 is 0 Å². The summed E-state index contributed by atoms with van der Waals surface area (Å²) in [6.07, 6.45) is 2.48. The molecule has 0 aliphatic carbocycles. The van der Waals surface area contributed by atoms with E-state index in [-0.39, 0.29) is 0 Å². The van der Waals surface area contributed by atoms with E-state index in [1.807, 2.05) is 7.05 Å². The van der Waals surface area contributed by atoms with Gasteiger partial charge in [0.1, 0.15) is 0 Å². The molecule has 1 aromatic carbocycles. The van der Waals surface area contributed by atoms with Crippen molar-refractivity contribution >= 4 is 0 Å². The molecule has 1 heteroatoms. The summed E-state index contributed by atoms with van der Waals surface area (Å²) in [5, 5.41) is 3.23. The number of benzene rings is 1. The Morgan fingerprint density at radius 2 is 1.80 bits per heavy atom. The largest absolute Gasteiger partial charge is 0.319 e. The second-order valence-corrected chi connectivity index (χ2v) is 4.57. The van der Waals surface area contributed by atoms with E-state index >= 15 is 0 Å². The quantitative estimate of drug-likeness (QED) is 0.779. The Hall–Kier alpha value is -0.820. The lowest BCUT2D eigenvalue weighted by molar-refractivity contribution is 0.504. The van der Waals surface area contributed by atoms with Crippen molar-refractivity contribution in [2.24, 2.45) is 5.92 Å². The number of hydrogen-bond donors (Lipinski definition) is 1. The fourth-order valence-electron chi connectivity index (χ4n) is 2.08. The van der Waals surface area contributed by atoms with Crippen LogP contribution in [0.5, 0.6) is 0 Å². The molecule has 1 aromatic rings. The Kier molecular flexibility index (Phi) is 4.83. The molecule has 0 saturated carbocycles. The van der Waals surface area contributed by atoms with Gasteiger partial charge in [0.25, 0.3) is 0 Å². The van der Waals surface area contributed by atoms with Crippen molar-refractivity contribution in [3.63, 3.8) is 0 Å². The average molecular weight is 205 g/mol. The smallest absolute Gasteiger partial charge is 0.00260 e. The summed E-state index contributed by atoms with van der Waals surface area (Å²) in [6, 6.07) is 6.57. The minimum atomic E-state index is 0.758. The number of hydrogen-bond acceptors (Lipinski definition) is 1. The first-order valence-electron chi connectivity index (χ1n) is 5.84. The van der Waals surface area contributed by atoms with Gasteiger partial charge in [-0.15, -0.1) is 0 Å². The first-order chi connectivity index (χ1) is 7.15. The third-order valence-corrected chi connectivity index (χ3v) is 3.08. The van der Waals surface area contributed by atoms with Crippen molar-refractivity contribution in [1.82, 2.24) is 5.32 Å². The van der Waals surface area contributed by atoms with Gasteiger partial charge in [0, 0.05) is 0 Å². The molecule has 1 nitrogen and oxygen atoms in total. The zero-order chi connectivity index (χ0) is 11.3. The van der Waals surface area contributed by atoms with E-state index in [0.29, 0.717) is 0 Å². The number of aryl methyl sites for hydroxylation is 2. The second-order valence-electron chi connectivity index (χ2n) is 4.57. The molecule has 0 aliphatic rings. The highest BCUT2D eigenvalue weighted by molar-refractivity contribution is 5.33. The van der Waals surface area contributed by atoms with Crippen molar-refractivity contribution < 1.29 is 0 Å². The maximum Gasteiger partial charge on any atom is -0.00260 e. The van der Waals surface area contributed by atoms with Gasteiger partial charge in [-0.1, -0.05) is 25.1 Å². The minimum absolute atomic E-state index is 0.758. The molecule has 1 N–H and O–H groups in total. The molecule has 0 aromatic heterocycles. The zero-order valence-corrected chi connectivity index (χ0v) is 10.4. The third-order valence-electron chi connectivity index (χ3n) is 3.08. The van der Waals surface area contributed by atoms with Gasteiger partial charge in [0.05, 0.1) is 0 Å². The molecule has 0 bridgehead atoms. The Balaban J connectivity index is 2.57. The molecule has 0 fully saturated rings. The Labute approximate surface area is 93.9 Å². The molecular formula is C14H23N. The van der Waals surface area contributed by atoms with E-state index in [0.717, 1.165) is 12.5 Å². The normalized spacial score (nSPS) is 12.8. The van der Waals surface area contributed by atoms with Crippen LogP contribution >= 0.6 is 0 Å². The molecule has 0 radical (unpaired) electrons. The lowest BCUT2D eigenvalue weighted by Gasteiger charge is -2.13. The topological polar surface area (TPSA) is 12.0 Å². The molecule has 84 valence electrons. The monoisotopic (exact) mass is 205 g/mol. The van der Waals surface area contributed by atoms with Crippen molar-refractivity contribution in [3.8, 4) is 0 Å². The van der Waals surface area contributed by atoms with Crippen LogP contribution < -0.4 is 5.32 Å². The summed E-state index contributed by atoms with van der Waals surface area (Å²) in [7, 11) is 2.02. The Bertz CT molecular complexity index is 284. The van der Waals surface area contributed by atoms with E-state index in [1.165, 1.54) is 24.0 Å². The average Bonchev–Trinajstić information content (AvgIpc) is 2.17. The van der Waals surface area contributed by atoms with Crippen molar-refractivity contribution in [2.75, 3.05) is 13.6 Å². The molecule has 0 saturated heterocycles. The summed E-state index contributed by atoms with van der Waals surface area (Å²) >= 11 is 0. The Morgan fingerprint density at radius 3 is 2.33 bits per heavy atom. The number of nitrogens with one attached hydrogen (secondary N) is 1. The fourth-order valence-corrected chi connectivity index (χ4v) is 2.08. The lowest BCUT2D eigenvalue weighted by atomic mass is 9.95. The number of rotatable bonds is 5. The van der Waals surface area contributed by atoms with E-state index in [1.54, 1.807) is 5.56 Å². The van der Waals surface area contributed by atoms with Gasteiger partial charge in [-0.05, 0) is 62.9 Å². The minimum Gasteiger partial charge on any atom is -0.319 e. The van der Waals surface area contributed by atoms with Crippen LogP contribution in [-0.4, -0.2) is 13.6 Å². The van der Waals surface area contributed by atoms with Crippen molar-refractivity contribution in [2.45, 2.75) is 33.6 Å². The summed E-state index contributed by atoms with van der Waals surface area (Å²) in [6.45, 7) is 7.85. The van der Waals surface area contributed by atoms with Crippen LogP contribution in [0.25, 0.3) is 0 Å². The second kappa shape index (κ2) is 5.92. The SMILES string of the molecule is CNCC(C)CCc1c(C)cccc1C. The molecule has 1 unspecified atom stereocenters. The maximum absolute atomic E-state index is 3.23. The van der Waals surface area contributed by atoms with Crippen molar-refractivity contribution in [3.05, 3.63) is 34.9 Å². The van der Waals surface area contributed by atoms with Crippen LogP contribution in [-0.2, 0) is 6.42 Å². The van der Waals surface area contributed by atoms with Gasteiger partial charge < -0.3 is 5.32 Å². The van der Waals surface area contributed by atoms with Gasteiger partial charge >= 0.3 is 0 Å². The fraction of sp³-hybridized carbons (Fsp3) is 0.571. The van der Waals surface area contributed by atoms with Gasteiger partial charge in [-0.25, -0.2) is 0 Å². The Morgan fingerprint density at radius 1 is 1.20 bits per heavy atom. The highest BCUT2D eigenvalue weighted by atomic mass is 14.8. The van der Waals surface area contributed by atoms with Crippen LogP contribution in [0.15, 0.2) is 18.2 Å². The van der Waals surface area contributed by atoms with Gasteiger partial charge in [-0.2, -0.15) is 0 Å². The van der Waals surface area contributed by atoms with Crippen molar-refractivity contribution in [1.29, 1.82) is 0 Å². The highest BCUT2D eigenvalue weighted by Gasteiger charge is 2.05. The van der Waals surface area contributed by atoms with Gasteiger partial charge in [0.15, 0.2) is 0 Å². The first kappa shape index (κ1) is 12.3. The molecule has 0 heterocycles.